The molecule has 4 rings (SSSR count). The summed E-state index contributed by atoms with van der Waals surface area (Å²) < 4.78 is 16.1. The first-order valence-corrected chi connectivity index (χ1v) is 8.89. The van der Waals surface area contributed by atoms with Crippen LogP contribution in [0.3, 0.4) is 0 Å². The number of thiazole rings is 1. The highest BCUT2D eigenvalue weighted by molar-refractivity contribution is 7.12. The van der Waals surface area contributed by atoms with Crippen LogP contribution in [0.4, 0.5) is 10.2 Å². The van der Waals surface area contributed by atoms with Crippen molar-refractivity contribution in [1.82, 2.24) is 14.5 Å². The maximum atomic E-state index is 14.7. The van der Waals surface area contributed by atoms with E-state index in [1.165, 1.54) is 22.1 Å². The number of hydrogen-bond acceptors (Lipinski definition) is 7. The van der Waals surface area contributed by atoms with Crippen molar-refractivity contribution in [3.63, 3.8) is 0 Å². The van der Waals surface area contributed by atoms with E-state index in [1.807, 2.05) is 6.08 Å². The molecule has 0 atom stereocenters. The topological polar surface area (TPSA) is 114 Å². The zero-order valence-electron chi connectivity index (χ0n) is 13.9. The number of fused-ring (bicyclic) bond motifs is 1. The number of aromatic nitrogens is 3. The van der Waals surface area contributed by atoms with Crippen LogP contribution < -0.4 is 16.1 Å². The summed E-state index contributed by atoms with van der Waals surface area (Å²) in [6.07, 6.45) is 4.63. The quantitative estimate of drug-likeness (QED) is 0.650. The zero-order valence-corrected chi connectivity index (χ0v) is 14.7. The van der Waals surface area contributed by atoms with Crippen LogP contribution in [0.2, 0.25) is 0 Å². The number of halogens is 1. The summed E-state index contributed by atoms with van der Waals surface area (Å²) in [6.45, 7) is 1.27. The Morgan fingerprint density at radius 1 is 1.44 bits per heavy atom. The molecule has 0 aromatic carbocycles. The number of nitrogens with two attached hydrogens (primary N) is 1. The molecule has 1 aliphatic heterocycles. The van der Waals surface area contributed by atoms with Crippen molar-refractivity contribution in [2.75, 3.05) is 24.5 Å². The maximum Gasteiger partial charge on any atom is 0.341 e. The number of pyridine rings is 2. The van der Waals surface area contributed by atoms with Gasteiger partial charge in [-0.2, -0.15) is 0 Å². The van der Waals surface area contributed by atoms with E-state index in [4.69, 9.17) is 5.73 Å². The molecule has 3 aromatic heterocycles. The normalized spacial score (nSPS) is 14.0. The first-order chi connectivity index (χ1) is 13.0. The fraction of sp³-hybridized carbons (Fsp3) is 0.176. The molecule has 3 aromatic rings. The Kier molecular flexibility index (Phi) is 4.21. The van der Waals surface area contributed by atoms with Gasteiger partial charge in [-0.05, 0) is 11.6 Å². The minimum Gasteiger partial charge on any atom is -0.477 e. The average Bonchev–Trinajstić information content (AvgIpc) is 3.33. The lowest BCUT2D eigenvalue weighted by molar-refractivity contribution is 0.0695. The Morgan fingerprint density at radius 2 is 2.26 bits per heavy atom. The van der Waals surface area contributed by atoms with Gasteiger partial charge in [-0.3, -0.25) is 9.36 Å². The minimum absolute atomic E-state index is 0.0787. The zero-order chi connectivity index (χ0) is 19.1. The Bertz CT molecular complexity index is 1140. The van der Waals surface area contributed by atoms with Gasteiger partial charge in [-0.25, -0.2) is 19.2 Å². The van der Waals surface area contributed by atoms with Gasteiger partial charge in [-0.15, -0.1) is 11.3 Å². The molecule has 138 valence electrons. The predicted molar refractivity (Wildman–Crippen MR) is 99.3 cm³/mol. The van der Waals surface area contributed by atoms with Gasteiger partial charge in [0.2, 0.25) is 5.43 Å². The standard InChI is InChI=1S/C17H14FN5O3S/c18-12-5-10-13(24)11(16(25)26)8-23(17-20-2-4-27-17)14(10)21-15(12)22-3-1-9(6-19)7-22/h1-2,4-5,8H,3,6-7,19H2,(H,25,26). The van der Waals surface area contributed by atoms with Gasteiger partial charge >= 0.3 is 5.97 Å². The van der Waals surface area contributed by atoms with E-state index in [-0.39, 0.29) is 16.9 Å². The summed E-state index contributed by atoms with van der Waals surface area (Å²) in [5, 5.41) is 11.4. The summed E-state index contributed by atoms with van der Waals surface area (Å²) in [4.78, 5) is 34.2. The van der Waals surface area contributed by atoms with Gasteiger partial charge in [0.1, 0.15) is 5.56 Å². The van der Waals surface area contributed by atoms with E-state index in [2.05, 4.69) is 9.97 Å². The lowest BCUT2D eigenvalue weighted by Gasteiger charge is -2.19. The molecule has 0 unspecified atom stereocenters. The van der Waals surface area contributed by atoms with Crippen LogP contribution in [-0.2, 0) is 0 Å². The lowest BCUT2D eigenvalue weighted by Crippen LogP contribution is -2.25. The van der Waals surface area contributed by atoms with Gasteiger partial charge in [0.05, 0.1) is 5.39 Å². The van der Waals surface area contributed by atoms with E-state index in [1.54, 1.807) is 16.5 Å². The monoisotopic (exact) mass is 387 g/mol. The van der Waals surface area contributed by atoms with E-state index in [9.17, 15) is 19.1 Å². The number of carboxylic acid groups (broad SMARTS) is 1. The van der Waals surface area contributed by atoms with Crippen LogP contribution in [0.1, 0.15) is 10.4 Å². The number of hydrogen-bond donors (Lipinski definition) is 2. The van der Waals surface area contributed by atoms with Crippen LogP contribution in [0.5, 0.6) is 0 Å². The smallest absolute Gasteiger partial charge is 0.341 e. The molecule has 0 amide bonds. The summed E-state index contributed by atoms with van der Waals surface area (Å²) in [5.41, 5.74) is 5.50. The van der Waals surface area contributed by atoms with Crippen molar-refractivity contribution >= 4 is 34.2 Å². The van der Waals surface area contributed by atoms with Gasteiger partial charge in [0.25, 0.3) is 0 Å². The second-order valence-corrected chi connectivity index (χ2v) is 6.85. The van der Waals surface area contributed by atoms with Crippen molar-refractivity contribution in [1.29, 1.82) is 0 Å². The summed E-state index contributed by atoms with van der Waals surface area (Å²) in [6, 6.07) is 1.04. The van der Waals surface area contributed by atoms with Crippen LogP contribution >= 0.6 is 11.3 Å². The molecule has 27 heavy (non-hydrogen) atoms. The number of aromatic carboxylic acids is 1. The van der Waals surface area contributed by atoms with E-state index in [0.717, 1.165) is 11.6 Å². The van der Waals surface area contributed by atoms with Gasteiger partial charge in [0.15, 0.2) is 22.4 Å². The first-order valence-electron chi connectivity index (χ1n) is 8.01. The molecule has 0 saturated carbocycles. The van der Waals surface area contributed by atoms with Crippen molar-refractivity contribution in [2.24, 2.45) is 5.73 Å². The molecule has 0 fully saturated rings. The van der Waals surface area contributed by atoms with Crippen molar-refractivity contribution in [3.05, 3.63) is 57.1 Å². The fourth-order valence-corrected chi connectivity index (χ4v) is 3.61. The maximum absolute atomic E-state index is 14.7. The molecule has 3 N–H and O–H groups in total. The summed E-state index contributed by atoms with van der Waals surface area (Å²) in [5.74, 6) is -2.01. The second-order valence-electron chi connectivity index (χ2n) is 5.97. The number of carbonyl (C=O) groups is 1. The molecule has 1 aliphatic rings. The molecule has 0 aliphatic carbocycles. The molecular formula is C17H14FN5O3S. The second kappa shape index (κ2) is 6.56. The Balaban J connectivity index is 1.97. The highest BCUT2D eigenvalue weighted by Gasteiger charge is 2.23. The summed E-state index contributed by atoms with van der Waals surface area (Å²) in [7, 11) is 0. The largest absolute Gasteiger partial charge is 0.477 e. The van der Waals surface area contributed by atoms with Gasteiger partial charge in [0, 0.05) is 37.4 Å². The van der Waals surface area contributed by atoms with Gasteiger partial charge in [-0.1, -0.05) is 6.08 Å². The predicted octanol–water partition coefficient (Wildman–Crippen LogP) is 1.38. The van der Waals surface area contributed by atoms with E-state index in [0.29, 0.717) is 24.8 Å². The molecule has 10 heteroatoms. The van der Waals surface area contributed by atoms with Crippen LogP contribution in [0.25, 0.3) is 16.2 Å². The summed E-state index contributed by atoms with van der Waals surface area (Å²) >= 11 is 1.25. The molecule has 8 nitrogen and oxygen atoms in total. The molecular weight excluding hydrogens is 373 g/mol. The van der Waals surface area contributed by atoms with Gasteiger partial charge < -0.3 is 15.7 Å². The number of carboxylic acids is 1. The van der Waals surface area contributed by atoms with Crippen molar-refractivity contribution in [2.45, 2.75) is 0 Å². The van der Waals surface area contributed by atoms with Crippen molar-refractivity contribution in [3.8, 4) is 5.13 Å². The number of rotatable bonds is 4. The Hall–Kier alpha value is -3.11. The highest BCUT2D eigenvalue weighted by Crippen LogP contribution is 2.26. The SMILES string of the molecule is NCC1=CCN(c2nc3c(cc2F)c(=O)c(C(=O)O)cn3-c2nccs2)C1. The van der Waals surface area contributed by atoms with Crippen LogP contribution in [0.15, 0.2) is 40.3 Å². The molecule has 0 spiro atoms. The lowest BCUT2D eigenvalue weighted by atomic mass is 10.2. The molecule has 0 saturated heterocycles. The van der Waals surface area contributed by atoms with E-state index < -0.39 is 22.8 Å². The Labute approximate surface area is 156 Å². The third-order valence-electron chi connectivity index (χ3n) is 4.32. The third-order valence-corrected chi connectivity index (χ3v) is 5.10. The van der Waals surface area contributed by atoms with Crippen molar-refractivity contribution < 1.29 is 14.3 Å². The van der Waals surface area contributed by atoms with E-state index >= 15 is 0 Å². The third kappa shape index (κ3) is 2.88. The Morgan fingerprint density at radius 3 is 2.89 bits per heavy atom. The average molecular weight is 387 g/mol. The fourth-order valence-electron chi connectivity index (χ4n) is 2.99. The minimum atomic E-state index is -1.40. The first kappa shape index (κ1) is 17.3. The molecule has 4 heterocycles. The molecule has 0 radical (unpaired) electrons. The molecule has 0 bridgehead atoms. The highest BCUT2D eigenvalue weighted by atomic mass is 32.1. The number of anilines is 1. The van der Waals surface area contributed by atoms with Crippen LogP contribution in [-0.4, -0.2) is 45.2 Å². The van der Waals surface area contributed by atoms with Crippen LogP contribution in [0, 0.1) is 5.82 Å². The number of nitrogens with zero attached hydrogens (tertiary/aromatic N) is 4.